The second-order valence-corrected chi connectivity index (χ2v) is 3.75. The van der Waals surface area contributed by atoms with Crippen LogP contribution in [0.5, 0.6) is 0 Å². The van der Waals surface area contributed by atoms with Crippen molar-refractivity contribution in [2.24, 2.45) is 0 Å². The van der Waals surface area contributed by atoms with Crippen molar-refractivity contribution in [1.82, 2.24) is 4.57 Å². The van der Waals surface area contributed by atoms with E-state index in [1.54, 1.807) is 24.3 Å². The van der Waals surface area contributed by atoms with Crippen molar-refractivity contribution in [2.45, 2.75) is 13.7 Å². The minimum absolute atomic E-state index is 0.152. The van der Waals surface area contributed by atoms with Gasteiger partial charge in [0, 0.05) is 13.0 Å². The number of fused-ring (bicyclic) bond motifs is 1. The smallest absolute Gasteiger partial charge is 0.304 e. The predicted molar refractivity (Wildman–Crippen MR) is 64.7 cm³/mol. The first-order valence-corrected chi connectivity index (χ1v) is 5.29. The monoisotopic (exact) mass is 242 g/mol. The molecule has 1 heterocycles. The van der Waals surface area contributed by atoms with Crippen molar-refractivity contribution in [3.8, 4) is 6.07 Å². The second-order valence-electron chi connectivity index (χ2n) is 3.75. The van der Waals surface area contributed by atoms with E-state index >= 15 is 0 Å². The molecule has 0 unspecified atom stereocenters. The van der Waals surface area contributed by atoms with Crippen molar-refractivity contribution in [2.75, 3.05) is 0 Å². The first-order valence-electron chi connectivity index (χ1n) is 5.29. The normalized spacial score (nSPS) is 10.0. The zero-order valence-electron chi connectivity index (χ0n) is 9.71. The number of nitriles is 1. The summed E-state index contributed by atoms with van der Waals surface area (Å²) in [6.45, 7) is 1.12. The Morgan fingerprint density at radius 2 is 2.11 bits per heavy atom. The molecule has 1 aromatic heterocycles. The molecule has 1 aromatic carbocycles. The fraction of sp³-hybridized carbons (Fsp3) is 0.154. The van der Waals surface area contributed by atoms with Crippen LogP contribution in [0.1, 0.15) is 12.5 Å². The van der Waals surface area contributed by atoms with Gasteiger partial charge in [0.2, 0.25) is 0 Å². The second kappa shape index (κ2) is 4.72. The lowest BCUT2D eigenvalue weighted by Gasteiger charge is -2.09. The summed E-state index contributed by atoms with van der Waals surface area (Å²) in [6, 6.07) is 10.1. The zero-order valence-corrected chi connectivity index (χ0v) is 9.71. The molecule has 2 aromatic rings. The minimum Gasteiger partial charge on any atom is -0.444 e. The number of hydrogen-bond acceptors (Lipinski definition) is 4. The number of rotatable bonds is 2. The third-order valence-electron chi connectivity index (χ3n) is 2.52. The van der Waals surface area contributed by atoms with Crippen molar-refractivity contribution in [1.29, 1.82) is 5.26 Å². The number of pyridine rings is 1. The summed E-state index contributed by atoms with van der Waals surface area (Å²) >= 11 is 0. The third-order valence-corrected chi connectivity index (χ3v) is 2.52. The van der Waals surface area contributed by atoms with Crippen molar-refractivity contribution >= 4 is 16.9 Å². The summed E-state index contributed by atoms with van der Waals surface area (Å²) < 4.78 is 6.15. The molecule has 0 radical (unpaired) electrons. The molecule has 5 heteroatoms. The molecule has 0 aliphatic carbocycles. The number of aromatic nitrogens is 1. The number of carbonyl (C=O) groups excluding carboxylic acids is 1. The van der Waals surface area contributed by atoms with Gasteiger partial charge in [0.1, 0.15) is 0 Å². The van der Waals surface area contributed by atoms with Gasteiger partial charge in [0.25, 0.3) is 5.56 Å². The molecule has 18 heavy (non-hydrogen) atoms. The molecular weight excluding hydrogens is 232 g/mol. The Morgan fingerprint density at radius 1 is 1.39 bits per heavy atom. The van der Waals surface area contributed by atoms with Crippen LogP contribution in [-0.2, 0) is 16.3 Å². The van der Waals surface area contributed by atoms with E-state index in [1.165, 1.54) is 17.6 Å². The average molecular weight is 242 g/mol. The molecule has 0 bridgehead atoms. The molecular formula is C13H10N2O3. The molecule has 5 nitrogen and oxygen atoms in total. The highest BCUT2D eigenvalue weighted by molar-refractivity contribution is 5.80. The molecule has 2 rings (SSSR count). The van der Waals surface area contributed by atoms with Crippen molar-refractivity contribution in [3.05, 3.63) is 46.2 Å². The number of esters is 1. The number of ether oxygens (including phenoxy) is 1. The van der Waals surface area contributed by atoms with Gasteiger partial charge in [-0.25, -0.2) is 0 Å². The number of carbonyl (C=O) groups is 1. The van der Waals surface area contributed by atoms with Crippen LogP contribution >= 0.6 is 0 Å². The molecule has 0 atom stereocenters. The fourth-order valence-electron chi connectivity index (χ4n) is 1.65. The highest BCUT2D eigenvalue weighted by Gasteiger charge is 2.05. The van der Waals surface area contributed by atoms with E-state index in [-0.39, 0.29) is 12.3 Å². The number of benzene rings is 1. The SMILES string of the molecule is CC(=O)OCn1c(=O)ccc2ccc(C#N)cc21. The van der Waals surface area contributed by atoms with Crippen LogP contribution < -0.4 is 5.56 Å². The standard InChI is InChI=1S/C13H10N2O3/c1-9(16)18-8-15-12-6-10(7-14)2-3-11(12)4-5-13(15)17/h2-6H,8H2,1H3. The number of hydrogen-bond donors (Lipinski definition) is 0. The zero-order chi connectivity index (χ0) is 13.1. The maximum atomic E-state index is 11.7. The van der Waals surface area contributed by atoms with Gasteiger partial charge in [-0.05, 0) is 23.6 Å². The Kier molecular flexibility index (Phi) is 3.11. The van der Waals surface area contributed by atoms with E-state index in [0.29, 0.717) is 11.1 Å². The summed E-state index contributed by atoms with van der Waals surface area (Å²) in [5.74, 6) is -0.463. The van der Waals surface area contributed by atoms with Crippen LogP contribution in [-0.4, -0.2) is 10.5 Å². The first-order chi connectivity index (χ1) is 8.61. The van der Waals surface area contributed by atoms with Gasteiger partial charge in [0.15, 0.2) is 6.73 Å². The molecule has 90 valence electrons. The molecule has 0 aliphatic rings. The molecule has 0 fully saturated rings. The van der Waals surface area contributed by atoms with Crippen LogP contribution in [0.25, 0.3) is 10.9 Å². The minimum atomic E-state index is -0.463. The van der Waals surface area contributed by atoms with E-state index in [4.69, 9.17) is 10.00 Å². The lowest BCUT2D eigenvalue weighted by molar-refractivity contribution is -0.144. The summed E-state index contributed by atoms with van der Waals surface area (Å²) in [5.41, 5.74) is 0.742. The highest BCUT2D eigenvalue weighted by atomic mass is 16.5. The van der Waals surface area contributed by atoms with Crippen LogP contribution in [0.15, 0.2) is 35.1 Å². The summed E-state index contributed by atoms with van der Waals surface area (Å²) in [5, 5.41) is 9.66. The van der Waals surface area contributed by atoms with Crippen molar-refractivity contribution in [3.63, 3.8) is 0 Å². The van der Waals surface area contributed by atoms with E-state index in [2.05, 4.69) is 0 Å². The maximum absolute atomic E-state index is 11.7. The van der Waals surface area contributed by atoms with Gasteiger partial charge in [-0.1, -0.05) is 6.07 Å². The Balaban J connectivity index is 2.61. The molecule has 0 aliphatic heterocycles. The lowest BCUT2D eigenvalue weighted by atomic mass is 10.1. The highest BCUT2D eigenvalue weighted by Crippen LogP contribution is 2.14. The van der Waals surface area contributed by atoms with E-state index < -0.39 is 5.97 Å². The third kappa shape index (κ3) is 2.23. The van der Waals surface area contributed by atoms with Crippen LogP contribution in [0.2, 0.25) is 0 Å². The van der Waals surface area contributed by atoms with Crippen LogP contribution in [0.4, 0.5) is 0 Å². The summed E-state index contributed by atoms with van der Waals surface area (Å²) in [6.07, 6.45) is 0. The average Bonchev–Trinajstić information content (AvgIpc) is 2.36. The van der Waals surface area contributed by atoms with Gasteiger partial charge in [-0.3, -0.25) is 14.2 Å². The van der Waals surface area contributed by atoms with E-state index in [0.717, 1.165) is 5.39 Å². The largest absolute Gasteiger partial charge is 0.444 e. The maximum Gasteiger partial charge on any atom is 0.304 e. The van der Waals surface area contributed by atoms with Crippen molar-refractivity contribution < 1.29 is 9.53 Å². The molecule has 0 amide bonds. The Morgan fingerprint density at radius 3 is 2.78 bits per heavy atom. The topological polar surface area (TPSA) is 72.1 Å². The Hall–Kier alpha value is -2.61. The lowest BCUT2D eigenvalue weighted by Crippen LogP contribution is -2.21. The molecule has 0 saturated heterocycles. The summed E-state index contributed by atoms with van der Waals surface area (Å²) in [7, 11) is 0. The fourth-order valence-corrected chi connectivity index (χ4v) is 1.65. The van der Waals surface area contributed by atoms with Crippen LogP contribution in [0.3, 0.4) is 0 Å². The van der Waals surface area contributed by atoms with Gasteiger partial charge in [-0.15, -0.1) is 0 Å². The first kappa shape index (κ1) is 11.9. The quantitative estimate of drug-likeness (QED) is 0.746. The van der Waals surface area contributed by atoms with E-state index in [9.17, 15) is 9.59 Å². The Labute approximate surface area is 103 Å². The predicted octanol–water partition coefficient (Wildman–Crippen LogP) is 1.39. The van der Waals surface area contributed by atoms with Gasteiger partial charge >= 0.3 is 5.97 Å². The van der Waals surface area contributed by atoms with Gasteiger partial charge in [-0.2, -0.15) is 5.26 Å². The van der Waals surface area contributed by atoms with Gasteiger partial charge in [0.05, 0.1) is 17.1 Å². The van der Waals surface area contributed by atoms with Crippen LogP contribution in [0, 0.1) is 11.3 Å². The Bertz CT molecular complexity index is 710. The van der Waals surface area contributed by atoms with Gasteiger partial charge < -0.3 is 4.74 Å². The molecule has 0 saturated carbocycles. The molecule has 0 spiro atoms. The number of nitrogens with zero attached hydrogens (tertiary/aromatic N) is 2. The summed E-state index contributed by atoms with van der Waals surface area (Å²) in [4.78, 5) is 22.5. The van der Waals surface area contributed by atoms with E-state index in [1.807, 2.05) is 6.07 Å². The molecule has 0 N–H and O–H groups in total.